The Balaban J connectivity index is 1.72. The lowest BCUT2D eigenvalue weighted by Gasteiger charge is -2.21. The van der Waals surface area contributed by atoms with Crippen LogP contribution >= 0.6 is 0 Å². The summed E-state index contributed by atoms with van der Waals surface area (Å²) in [7, 11) is -4.32. The van der Waals surface area contributed by atoms with Crippen molar-refractivity contribution in [3.8, 4) is 11.5 Å². The molecule has 0 heterocycles. The SMILES string of the molecule is CC(C)(C)NC(=O)c1ccc(Oc2cc(F)c(CC(=O)O)cc2F)c(NS(=O)(=O)c2ccc(C3CC3)cc2N)c1. The number of carboxylic acid groups (broad SMARTS) is 1. The lowest BCUT2D eigenvalue weighted by Crippen LogP contribution is -2.40. The van der Waals surface area contributed by atoms with Crippen molar-refractivity contribution in [2.75, 3.05) is 10.5 Å². The summed E-state index contributed by atoms with van der Waals surface area (Å²) in [6.07, 6.45) is 1.26. The summed E-state index contributed by atoms with van der Waals surface area (Å²) in [6, 6.07) is 9.81. The van der Waals surface area contributed by atoms with Gasteiger partial charge in [-0.2, -0.15) is 0 Å². The summed E-state index contributed by atoms with van der Waals surface area (Å²) in [4.78, 5) is 23.5. The van der Waals surface area contributed by atoms with E-state index in [0.717, 1.165) is 18.4 Å². The van der Waals surface area contributed by atoms with Crippen LogP contribution in [0.3, 0.4) is 0 Å². The van der Waals surface area contributed by atoms with E-state index in [1.165, 1.54) is 24.3 Å². The molecular formula is C28H29F2N3O6S. The maximum Gasteiger partial charge on any atom is 0.307 e. The van der Waals surface area contributed by atoms with Crippen LogP contribution in [-0.2, 0) is 21.2 Å². The van der Waals surface area contributed by atoms with Crippen LogP contribution in [0.4, 0.5) is 20.2 Å². The standard InChI is InChI=1S/C28H29F2N3O6S/c1-28(2,3)32-27(36)17-6-8-23(39-24-14-19(29)18(10-20(24)30)13-26(34)35)22(12-17)33-40(37,38)25-9-7-16(11-21(25)31)15-4-5-15/h6-12,14-15,33H,4-5,13,31H2,1-3H3,(H,32,36)(H,34,35). The van der Waals surface area contributed by atoms with Crippen LogP contribution in [0.2, 0.25) is 0 Å². The fraction of sp³-hybridized carbons (Fsp3) is 0.286. The van der Waals surface area contributed by atoms with E-state index < -0.39 is 56.8 Å². The number of aliphatic carboxylic acids is 1. The number of carboxylic acids is 1. The van der Waals surface area contributed by atoms with Crippen LogP contribution in [0.1, 0.15) is 61.0 Å². The van der Waals surface area contributed by atoms with E-state index in [9.17, 15) is 26.8 Å². The van der Waals surface area contributed by atoms with Gasteiger partial charge in [-0.15, -0.1) is 0 Å². The molecule has 0 aliphatic heterocycles. The zero-order valence-corrected chi connectivity index (χ0v) is 22.9. The zero-order valence-electron chi connectivity index (χ0n) is 22.0. The quantitative estimate of drug-likeness (QED) is 0.258. The predicted molar refractivity (Wildman–Crippen MR) is 145 cm³/mol. The molecule has 212 valence electrons. The Labute approximate surface area is 230 Å². The van der Waals surface area contributed by atoms with Gasteiger partial charge in [0.05, 0.1) is 17.8 Å². The number of halogens is 2. The van der Waals surface area contributed by atoms with Gasteiger partial charge in [0.25, 0.3) is 15.9 Å². The van der Waals surface area contributed by atoms with Crippen molar-refractivity contribution in [2.24, 2.45) is 0 Å². The van der Waals surface area contributed by atoms with E-state index in [4.69, 9.17) is 15.6 Å². The molecule has 0 saturated heterocycles. The molecule has 5 N–H and O–H groups in total. The van der Waals surface area contributed by atoms with Gasteiger partial charge in [0.15, 0.2) is 17.3 Å². The molecule has 0 atom stereocenters. The monoisotopic (exact) mass is 573 g/mol. The van der Waals surface area contributed by atoms with Crippen LogP contribution in [-0.4, -0.2) is 30.9 Å². The molecule has 12 heteroatoms. The summed E-state index contributed by atoms with van der Waals surface area (Å²) in [5.41, 5.74) is 5.89. The third-order valence-electron chi connectivity index (χ3n) is 6.01. The Morgan fingerprint density at radius 3 is 2.33 bits per heavy atom. The molecule has 9 nitrogen and oxygen atoms in total. The molecule has 1 amide bonds. The van der Waals surface area contributed by atoms with Gasteiger partial charge in [-0.25, -0.2) is 17.2 Å². The number of hydrogen-bond acceptors (Lipinski definition) is 6. The second-order valence-corrected chi connectivity index (χ2v) is 12.3. The van der Waals surface area contributed by atoms with E-state index in [1.54, 1.807) is 32.9 Å². The fourth-order valence-electron chi connectivity index (χ4n) is 4.00. The molecule has 40 heavy (non-hydrogen) atoms. The maximum atomic E-state index is 14.8. The molecule has 4 rings (SSSR count). The number of amides is 1. The number of nitrogen functional groups attached to an aromatic ring is 1. The van der Waals surface area contributed by atoms with Gasteiger partial charge < -0.3 is 20.9 Å². The van der Waals surface area contributed by atoms with Gasteiger partial charge in [-0.3, -0.25) is 14.3 Å². The fourth-order valence-corrected chi connectivity index (χ4v) is 5.18. The number of rotatable bonds is 9. The highest BCUT2D eigenvalue weighted by molar-refractivity contribution is 7.92. The molecule has 1 aliphatic carbocycles. The molecule has 3 aromatic carbocycles. The number of sulfonamides is 1. The van der Waals surface area contributed by atoms with E-state index in [-0.39, 0.29) is 27.6 Å². The lowest BCUT2D eigenvalue weighted by atomic mass is 10.1. The average Bonchev–Trinajstić information content (AvgIpc) is 3.67. The van der Waals surface area contributed by atoms with Crippen LogP contribution in [0, 0.1) is 11.6 Å². The van der Waals surface area contributed by atoms with Crippen molar-refractivity contribution in [2.45, 2.75) is 56.4 Å². The molecule has 0 radical (unpaired) electrons. The highest BCUT2D eigenvalue weighted by Gasteiger charge is 2.27. The minimum Gasteiger partial charge on any atom is -0.481 e. The van der Waals surface area contributed by atoms with E-state index in [1.807, 2.05) is 0 Å². The maximum absolute atomic E-state index is 14.8. The minimum absolute atomic E-state index is 0.0307. The highest BCUT2D eigenvalue weighted by Crippen LogP contribution is 2.42. The topological polar surface area (TPSA) is 148 Å². The smallest absolute Gasteiger partial charge is 0.307 e. The van der Waals surface area contributed by atoms with Crippen molar-refractivity contribution >= 4 is 33.3 Å². The summed E-state index contributed by atoms with van der Waals surface area (Å²) in [5, 5.41) is 11.7. The Kier molecular flexibility index (Phi) is 7.75. The Morgan fingerprint density at radius 1 is 1.02 bits per heavy atom. The molecule has 3 aromatic rings. The van der Waals surface area contributed by atoms with Crippen LogP contribution in [0.5, 0.6) is 11.5 Å². The van der Waals surface area contributed by atoms with Gasteiger partial charge in [-0.05, 0) is 81.5 Å². The number of ether oxygens (including phenoxy) is 1. The van der Waals surface area contributed by atoms with Gasteiger partial charge in [0, 0.05) is 22.7 Å². The average molecular weight is 574 g/mol. The van der Waals surface area contributed by atoms with Gasteiger partial charge in [0.1, 0.15) is 10.7 Å². The molecular weight excluding hydrogens is 544 g/mol. The molecule has 1 fully saturated rings. The first-order chi connectivity index (χ1) is 18.6. The summed E-state index contributed by atoms with van der Waals surface area (Å²) >= 11 is 0. The van der Waals surface area contributed by atoms with Crippen LogP contribution in [0.25, 0.3) is 0 Å². The normalized spacial score (nSPS) is 13.5. The molecule has 1 aliphatic rings. The second-order valence-electron chi connectivity index (χ2n) is 10.6. The summed E-state index contributed by atoms with van der Waals surface area (Å²) in [5.74, 6) is -4.46. The number of nitrogens with two attached hydrogens (primary N) is 1. The number of nitrogens with one attached hydrogen (secondary N) is 2. The Bertz CT molecular complexity index is 1600. The largest absolute Gasteiger partial charge is 0.481 e. The molecule has 0 aromatic heterocycles. The minimum atomic E-state index is -4.32. The second kappa shape index (κ2) is 10.8. The number of anilines is 2. The first kappa shape index (κ1) is 28.8. The van der Waals surface area contributed by atoms with Gasteiger partial charge >= 0.3 is 5.97 Å². The Hall–Kier alpha value is -4.19. The molecule has 0 spiro atoms. The first-order valence-corrected chi connectivity index (χ1v) is 13.9. The van der Waals surface area contributed by atoms with E-state index >= 15 is 0 Å². The Morgan fingerprint density at radius 2 is 1.73 bits per heavy atom. The third-order valence-corrected chi connectivity index (χ3v) is 7.45. The third kappa shape index (κ3) is 6.87. The van der Waals surface area contributed by atoms with Crippen molar-refractivity contribution in [3.05, 3.63) is 76.9 Å². The number of hydrogen-bond donors (Lipinski definition) is 4. The van der Waals surface area contributed by atoms with Crippen LogP contribution in [0.15, 0.2) is 53.4 Å². The van der Waals surface area contributed by atoms with Crippen LogP contribution < -0.4 is 20.5 Å². The molecule has 1 saturated carbocycles. The molecule has 0 bridgehead atoms. The lowest BCUT2D eigenvalue weighted by molar-refractivity contribution is -0.136. The van der Waals surface area contributed by atoms with Crippen molar-refractivity contribution in [3.63, 3.8) is 0 Å². The van der Waals surface area contributed by atoms with Crippen molar-refractivity contribution in [1.29, 1.82) is 0 Å². The summed E-state index contributed by atoms with van der Waals surface area (Å²) < 4.78 is 63.8. The van der Waals surface area contributed by atoms with Crippen molar-refractivity contribution < 1.29 is 36.6 Å². The number of benzene rings is 3. The van der Waals surface area contributed by atoms with Crippen molar-refractivity contribution in [1.82, 2.24) is 5.32 Å². The first-order valence-electron chi connectivity index (χ1n) is 12.4. The van der Waals surface area contributed by atoms with Gasteiger partial charge in [-0.1, -0.05) is 6.07 Å². The summed E-state index contributed by atoms with van der Waals surface area (Å²) in [6.45, 7) is 5.31. The predicted octanol–water partition coefficient (Wildman–Crippen LogP) is 5.17. The van der Waals surface area contributed by atoms with Gasteiger partial charge in [0.2, 0.25) is 0 Å². The molecule has 0 unspecified atom stereocenters. The number of carbonyl (C=O) groups excluding carboxylic acids is 1. The zero-order chi connectivity index (χ0) is 29.4. The number of carbonyl (C=O) groups is 2. The highest BCUT2D eigenvalue weighted by atomic mass is 32.2. The van der Waals surface area contributed by atoms with E-state index in [0.29, 0.717) is 18.1 Å². The van der Waals surface area contributed by atoms with E-state index in [2.05, 4.69) is 10.0 Å².